The highest BCUT2D eigenvalue weighted by molar-refractivity contribution is 7.92. The zero-order valence-corrected chi connectivity index (χ0v) is 18.5. The molecule has 1 amide bonds. The number of methoxy groups -OCH3 is 1. The minimum atomic E-state index is -3.61. The number of carbonyl (C=O) groups is 1. The van der Waals surface area contributed by atoms with Crippen molar-refractivity contribution in [2.45, 2.75) is 38.6 Å². The molecule has 0 aliphatic heterocycles. The summed E-state index contributed by atoms with van der Waals surface area (Å²) in [6, 6.07) is 16.6. The molecule has 29 heavy (non-hydrogen) atoms. The topological polar surface area (TPSA) is 75.7 Å². The molecule has 0 aliphatic carbocycles. The van der Waals surface area contributed by atoms with Crippen LogP contribution in [-0.4, -0.2) is 40.3 Å². The first-order valence-corrected chi connectivity index (χ1v) is 11.3. The van der Waals surface area contributed by atoms with Crippen molar-refractivity contribution < 1.29 is 17.9 Å². The Balaban J connectivity index is 2.05. The Hall–Kier alpha value is -2.54. The highest BCUT2D eigenvalue weighted by Crippen LogP contribution is 2.28. The Bertz CT molecular complexity index is 910. The number of anilines is 1. The van der Waals surface area contributed by atoms with Gasteiger partial charge in [0.1, 0.15) is 12.3 Å². The molecule has 0 bridgehead atoms. The van der Waals surface area contributed by atoms with Crippen LogP contribution >= 0.6 is 0 Å². The van der Waals surface area contributed by atoms with E-state index >= 15 is 0 Å². The Kier molecular flexibility index (Phi) is 7.30. The lowest BCUT2D eigenvalue weighted by Crippen LogP contribution is -2.44. The van der Waals surface area contributed by atoms with Crippen LogP contribution in [-0.2, 0) is 20.2 Å². The molecule has 2 rings (SSSR count). The first-order valence-electron chi connectivity index (χ1n) is 9.49. The maximum absolute atomic E-state index is 12.6. The number of hydrogen-bond acceptors (Lipinski definition) is 4. The Labute approximate surface area is 173 Å². The van der Waals surface area contributed by atoms with Gasteiger partial charge in [0.05, 0.1) is 19.1 Å². The number of rotatable bonds is 9. The van der Waals surface area contributed by atoms with E-state index in [1.165, 1.54) is 12.7 Å². The molecule has 0 aliphatic rings. The molecular formula is C22H30N2O4S. The number of sulfonamides is 1. The average Bonchev–Trinajstić information content (AvgIpc) is 2.65. The van der Waals surface area contributed by atoms with Crippen molar-refractivity contribution in [1.82, 2.24) is 5.32 Å². The van der Waals surface area contributed by atoms with Gasteiger partial charge in [0.25, 0.3) is 0 Å². The summed E-state index contributed by atoms with van der Waals surface area (Å²) >= 11 is 0. The number of ether oxygens (including phenoxy) is 1. The van der Waals surface area contributed by atoms with Gasteiger partial charge in [-0.05, 0) is 48.6 Å². The molecule has 1 atom stereocenters. The molecular weight excluding hydrogens is 388 g/mol. The zero-order chi connectivity index (χ0) is 21.7. The third-order valence-corrected chi connectivity index (χ3v) is 5.97. The van der Waals surface area contributed by atoms with E-state index in [1.54, 1.807) is 24.3 Å². The molecule has 158 valence electrons. The van der Waals surface area contributed by atoms with E-state index in [-0.39, 0.29) is 23.9 Å². The van der Waals surface area contributed by atoms with Gasteiger partial charge >= 0.3 is 0 Å². The number of hydrogen-bond donors (Lipinski definition) is 1. The first-order chi connectivity index (χ1) is 13.5. The van der Waals surface area contributed by atoms with Crippen LogP contribution in [0.5, 0.6) is 5.75 Å². The molecule has 1 N–H and O–H groups in total. The lowest BCUT2D eigenvalue weighted by Gasteiger charge is -2.30. The molecule has 6 nitrogen and oxygen atoms in total. The van der Waals surface area contributed by atoms with Crippen LogP contribution < -0.4 is 14.4 Å². The van der Waals surface area contributed by atoms with Crippen molar-refractivity contribution in [2.75, 3.05) is 24.2 Å². The number of nitrogens with one attached hydrogen (secondary N) is 1. The molecule has 2 aromatic rings. The van der Waals surface area contributed by atoms with E-state index in [4.69, 9.17) is 4.74 Å². The number of carbonyl (C=O) groups excluding carboxylic acids is 1. The van der Waals surface area contributed by atoms with E-state index in [0.717, 1.165) is 17.0 Å². The smallest absolute Gasteiger partial charge is 0.240 e. The molecule has 0 saturated carbocycles. The fourth-order valence-electron chi connectivity index (χ4n) is 3.42. The van der Waals surface area contributed by atoms with Crippen LogP contribution in [0, 0.1) is 0 Å². The molecule has 2 aromatic carbocycles. The molecule has 0 saturated heterocycles. The lowest BCUT2D eigenvalue weighted by atomic mass is 9.79. The molecule has 0 fully saturated rings. The van der Waals surface area contributed by atoms with Gasteiger partial charge in [-0.15, -0.1) is 0 Å². The van der Waals surface area contributed by atoms with Crippen molar-refractivity contribution in [3.05, 3.63) is 60.2 Å². The van der Waals surface area contributed by atoms with E-state index in [0.29, 0.717) is 11.4 Å². The Morgan fingerprint density at radius 3 is 2.21 bits per heavy atom. The second-order valence-electron chi connectivity index (χ2n) is 7.89. The number of benzene rings is 2. The van der Waals surface area contributed by atoms with Gasteiger partial charge < -0.3 is 10.1 Å². The van der Waals surface area contributed by atoms with Gasteiger partial charge in [-0.3, -0.25) is 9.10 Å². The minimum absolute atomic E-state index is 0.116. The van der Waals surface area contributed by atoms with Crippen LogP contribution in [0.3, 0.4) is 0 Å². The van der Waals surface area contributed by atoms with Crippen molar-refractivity contribution in [1.29, 1.82) is 0 Å². The summed E-state index contributed by atoms with van der Waals surface area (Å²) < 4.78 is 30.7. The summed E-state index contributed by atoms with van der Waals surface area (Å²) in [6.45, 7) is 5.92. The van der Waals surface area contributed by atoms with Gasteiger partial charge in [0.2, 0.25) is 15.9 Å². The predicted molar refractivity (Wildman–Crippen MR) is 117 cm³/mol. The molecule has 0 heterocycles. The number of nitrogens with zero attached hydrogens (tertiary/aromatic N) is 1. The fourth-order valence-corrected chi connectivity index (χ4v) is 4.28. The third kappa shape index (κ3) is 6.49. The summed E-state index contributed by atoms with van der Waals surface area (Å²) in [4.78, 5) is 12.6. The van der Waals surface area contributed by atoms with Crippen molar-refractivity contribution in [3.63, 3.8) is 0 Å². The van der Waals surface area contributed by atoms with Gasteiger partial charge in [0.15, 0.2) is 0 Å². The molecule has 0 radical (unpaired) electrons. The van der Waals surface area contributed by atoms with E-state index < -0.39 is 10.0 Å². The fraction of sp³-hybridized carbons (Fsp3) is 0.409. The van der Waals surface area contributed by atoms with E-state index in [1.807, 2.05) is 25.1 Å². The summed E-state index contributed by atoms with van der Waals surface area (Å²) in [6.07, 6.45) is 1.82. The highest BCUT2D eigenvalue weighted by Gasteiger charge is 2.26. The Morgan fingerprint density at radius 1 is 1.10 bits per heavy atom. The third-order valence-electron chi connectivity index (χ3n) is 4.83. The van der Waals surface area contributed by atoms with Crippen LogP contribution in [0.1, 0.15) is 32.8 Å². The van der Waals surface area contributed by atoms with Crippen LogP contribution in [0.25, 0.3) is 0 Å². The minimum Gasteiger partial charge on any atom is -0.497 e. The average molecular weight is 419 g/mol. The van der Waals surface area contributed by atoms with E-state index in [9.17, 15) is 13.2 Å². The normalized spacial score (nSPS) is 12.9. The van der Waals surface area contributed by atoms with Crippen molar-refractivity contribution >= 4 is 21.6 Å². The quantitative estimate of drug-likeness (QED) is 0.678. The zero-order valence-electron chi connectivity index (χ0n) is 17.7. The maximum atomic E-state index is 12.6. The van der Waals surface area contributed by atoms with Crippen LogP contribution in [0.15, 0.2) is 54.6 Å². The summed E-state index contributed by atoms with van der Waals surface area (Å²) in [7, 11) is -2.08. The van der Waals surface area contributed by atoms with E-state index in [2.05, 4.69) is 31.3 Å². The predicted octanol–water partition coefficient (Wildman–Crippen LogP) is 3.33. The lowest BCUT2D eigenvalue weighted by molar-refractivity contribution is -0.120. The van der Waals surface area contributed by atoms with Crippen molar-refractivity contribution in [3.8, 4) is 5.75 Å². The summed E-state index contributed by atoms with van der Waals surface area (Å²) in [5, 5.41) is 2.93. The van der Waals surface area contributed by atoms with Gasteiger partial charge in [-0.2, -0.15) is 0 Å². The second kappa shape index (κ2) is 9.31. The largest absolute Gasteiger partial charge is 0.497 e. The molecule has 1 unspecified atom stereocenters. The monoisotopic (exact) mass is 418 g/mol. The van der Waals surface area contributed by atoms with Gasteiger partial charge in [0, 0.05) is 6.04 Å². The molecule has 0 aromatic heterocycles. The van der Waals surface area contributed by atoms with Crippen LogP contribution in [0.2, 0.25) is 0 Å². The second-order valence-corrected chi connectivity index (χ2v) is 9.80. The van der Waals surface area contributed by atoms with Gasteiger partial charge in [-0.1, -0.05) is 44.2 Å². The maximum Gasteiger partial charge on any atom is 0.240 e. The summed E-state index contributed by atoms with van der Waals surface area (Å²) in [5.74, 6) is 0.269. The molecule has 7 heteroatoms. The van der Waals surface area contributed by atoms with Crippen molar-refractivity contribution in [2.24, 2.45) is 0 Å². The highest BCUT2D eigenvalue weighted by atomic mass is 32.2. The Morgan fingerprint density at radius 2 is 1.69 bits per heavy atom. The summed E-state index contributed by atoms with van der Waals surface area (Å²) in [5.41, 5.74) is 1.48. The standard InChI is InChI=1S/C22H30N2O4S/c1-17(15-22(2,3)18-9-7-6-8-10-18)23-21(25)16-24(29(5,26)27)19-11-13-20(28-4)14-12-19/h6-14,17H,15-16H2,1-5H3,(H,23,25). The number of amides is 1. The SMILES string of the molecule is COc1ccc(N(CC(=O)NC(C)CC(C)(C)c2ccccc2)S(C)(=O)=O)cc1. The first kappa shape index (κ1) is 22.7. The van der Waals surface area contributed by atoms with Gasteiger partial charge in [-0.25, -0.2) is 8.42 Å². The molecule has 0 spiro atoms. The van der Waals surface area contributed by atoms with Crippen LogP contribution in [0.4, 0.5) is 5.69 Å².